The van der Waals surface area contributed by atoms with Crippen LogP contribution in [-0.2, 0) is 13.0 Å². The minimum atomic E-state index is -0.178. The normalized spacial score (nSPS) is 26.4. The molecule has 0 bridgehead atoms. The van der Waals surface area contributed by atoms with E-state index in [9.17, 15) is 0 Å². The molecule has 6 heteroatoms. The number of allylic oxidation sites excluding steroid dienone is 4. The van der Waals surface area contributed by atoms with Crippen LogP contribution >= 0.6 is 0 Å². The molecule has 2 aliphatic rings. The molecule has 0 radical (unpaired) electrons. The standard InChI is InChI=1S/C19H30N6/c1-15-6-3-7-16(12-15)8-5-11-25-14-17(22-23-25)9-4-10-18-13-21-19(20)24(18)2/h3,7,12-15,18-19H,4-6,8-11,20H2,1-2H3. The number of nitrogens with two attached hydrogens (primary N) is 1. The summed E-state index contributed by atoms with van der Waals surface area (Å²) in [6.07, 6.45) is 17.3. The van der Waals surface area contributed by atoms with E-state index in [1.807, 2.05) is 17.9 Å². The van der Waals surface area contributed by atoms with Crippen LogP contribution < -0.4 is 5.73 Å². The molecule has 0 saturated heterocycles. The Morgan fingerprint density at radius 1 is 1.28 bits per heavy atom. The number of rotatable bonds is 8. The third kappa shape index (κ3) is 5.09. The zero-order valence-electron chi connectivity index (χ0n) is 15.4. The highest BCUT2D eigenvalue weighted by Gasteiger charge is 2.22. The van der Waals surface area contributed by atoms with E-state index < -0.39 is 0 Å². The summed E-state index contributed by atoms with van der Waals surface area (Å²) in [5.74, 6) is 0.677. The lowest BCUT2D eigenvalue weighted by Crippen LogP contribution is -2.39. The topological polar surface area (TPSA) is 72.3 Å². The molecule has 136 valence electrons. The van der Waals surface area contributed by atoms with E-state index in [0.29, 0.717) is 12.0 Å². The van der Waals surface area contributed by atoms with Crippen molar-refractivity contribution in [2.45, 2.75) is 64.3 Å². The summed E-state index contributed by atoms with van der Waals surface area (Å²) in [6, 6.07) is 0.351. The lowest BCUT2D eigenvalue weighted by Gasteiger charge is -2.20. The van der Waals surface area contributed by atoms with Crippen LogP contribution in [-0.4, -0.2) is 45.5 Å². The largest absolute Gasteiger partial charge is 0.297 e. The molecule has 2 heterocycles. The Morgan fingerprint density at radius 3 is 2.92 bits per heavy atom. The minimum Gasteiger partial charge on any atom is -0.297 e. The van der Waals surface area contributed by atoms with Gasteiger partial charge in [-0.1, -0.05) is 35.9 Å². The number of nitrogens with zero attached hydrogens (tertiary/aromatic N) is 5. The molecule has 3 rings (SSSR count). The predicted molar refractivity (Wildman–Crippen MR) is 101 cm³/mol. The second-order valence-corrected chi connectivity index (χ2v) is 7.27. The fraction of sp³-hybridized carbons (Fsp3) is 0.632. The van der Waals surface area contributed by atoms with Crippen molar-refractivity contribution < 1.29 is 0 Å². The minimum absolute atomic E-state index is 0.178. The molecule has 0 aromatic carbocycles. The molecule has 1 aromatic heterocycles. The van der Waals surface area contributed by atoms with Gasteiger partial charge in [0.15, 0.2) is 6.29 Å². The summed E-state index contributed by atoms with van der Waals surface area (Å²) in [6.45, 7) is 3.20. The van der Waals surface area contributed by atoms with Crippen molar-refractivity contribution >= 4 is 6.21 Å². The monoisotopic (exact) mass is 342 g/mol. The third-order valence-corrected chi connectivity index (χ3v) is 5.06. The summed E-state index contributed by atoms with van der Waals surface area (Å²) in [5, 5.41) is 8.57. The van der Waals surface area contributed by atoms with E-state index in [-0.39, 0.29) is 6.29 Å². The summed E-state index contributed by atoms with van der Waals surface area (Å²) >= 11 is 0. The summed E-state index contributed by atoms with van der Waals surface area (Å²) < 4.78 is 1.98. The van der Waals surface area contributed by atoms with Gasteiger partial charge in [0.1, 0.15) is 0 Å². The number of aliphatic imine (C=N–C) groups is 1. The summed E-state index contributed by atoms with van der Waals surface area (Å²) in [4.78, 5) is 6.35. The van der Waals surface area contributed by atoms with Gasteiger partial charge < -0.3 is 0 Å². The van der Waals surface area contributed by atoms with Crippen LogP contribution in [0.4, 0.5) is 0 Å². The van der Waals surface area contributed by atoms with E-state index in [1.165, 1.54) is 12.0 Å². The van der Waals surface area contributed by atoms with Crippen molar-refractivity contribution in [2.24, 2.45) is 16.6 Å². The fourth-order valence-electron chi connectivity index (χ4n) is 3.46. The van der Waals surface area contributed by atoms with Crippen LogP contribution in [0.25, 0.3) is 0 Å². The van der Waals surface area contributed by atoms with Gasteiger partial charge in [-0.15, -0.1) is 5.10 Å². The van der Waals surface area contributed by atoms with Gasteiger partial charge in [-0.3, -0.25) is 20.3 Å². The van der Waals surface area contributed by atoms with Crippen LogP contribution in [0.5, 0.6) is 0 Å². The van der Waals surface area contributed by atoms with E-state index >= 15 is 0 Å². The van der Waals surface area contributed by atoms with Gasteiger partial charge in [0.25, 0.3) is 0 Å². The summed E-state index contributed by atoms with van der Waals surface area (Å²) in [5.41, 5.74) is 8.39. The van der Waals surface area contributed by atoms with Gasteiger partial charge in [-0.25, -0.2) is 0 Å². The Kier molecular flexibility index (Phi) is 6.15. The van der Waals surface area contributed by atoms with Gasteiger partial charge in [0.05, 0.1) is 5.69 Å². The third-order valence-electron chi connectivity index (χ3n) is 5.06. The quantitative estimate of drug-likeness (QED) is 0.788. The molecular formula is C19H30N6. The van der Waals surface area contributed by atoms with Gasteiger partial charge in [0.2, 0.25) is 0 Å². The fourth-order valence-corrected chi connectivity index (χ4v) is 3.46. The maximum atomic E-state index is 5.86. The molecule has 3 atom stereocenters. The lowest BCUT2D eigenvalue weighted by atomic mass is 9.95. The molecule has 0 saturated carbocycles. The Morgan fingerprint density at radius 2 is 2.16 bits per heavy atom. The molecule has 6 nitrogen and oxygen atoms in total. The SMILES string of the molecule is CC1C=C(CCCn2cc(CCCC3C=NC(N)N3C)nn2)C=CC1. The highest BCUT2D eigenvalue weighted by molar-refractivity contribution is 5.66. The van der Waals surface area contributed by atoms with Crippen LogP contribution in [0, 0.1) is 5.92 Å². The number of aryl methyl sites for hydroxylation is 2. The van der Waals surface area contributed by atoms with E-state index in [2.05, 4.69) is 51.6 Å². The maximum absolute atomic E-state index is 5.86. The Labute approximate surface area is 150 Å². The van der Waals surface area contributed by atoms with Crippen molar-refractivity contribution in [3.05, 3.63) is 35.7 Å². The molecule has 25 heavy (non-hydrogen) atoms. The van der Waals surface area contributed by atoms with Gasteiger partial charge >= 0.3 is 0 Å². The molecule has 0 spiro atoms. The first kappa shape index (κ1) is 18.0. The molecule has 1 aromatic rings. The molecular weight excluding hydrogens is 312 g/mol. The predicted octanol–water partition coefficient (Wildman–Crippen LogP) is 2.53. The first-order valence-corrected chi connectivity index (χ1v) is 9.39. The maximum Gasteiger partial charge on any atom is 0.153 e. The van der Waals surface area contributed by atoms with Crippen molar-refractivity contribution in [1.29, 1.82) is 0 Å². The average molecular weight is 342 g/mol. The van der Waals surface area contributed by atoms with Crippen LogP contribution in [0.1, 0.15) is 44.7 Å². The zero-order chi connectivity index (χ0) is 17.6. The van der Waals surface area contributed by atoms with Crippen LogP contribution in [0.3, 0.4) is 0 Å². The van der Waals surface area contributed by atoms with Gasteiger partial charge in [-0.05, 0) is 51.5 Å². The Hall–Kier alpha value is -1.79. The first-order chi connectivity index (χ1) is 12.1. The molecule has 0 amide bonds. The van der Waals surface area contributed by atoms with Gasteiger partial charge in [0, 0.05) is 25.0 Å². The van der Waals surface area contributed by atoms with Crippen LogP contribution in [0.2, 0.25) is 0 Å². The number of hydrogen-bond donors (Lipinski definition) is 1. The number of hydrogen-bond acceptors (Lipinski definition) is 5. The highest BCUT2D eigenvalue weighted by atomic mass is 15.4. The lowest BCUT2D eigenvalue weighted by molar-refractivity contribution is 0.241. The van der Waals surface area contributed by atoms with Gasteiger partial charge in [-0.2, -0.15) is 0 Å². The molecule has 1 aliphatic carbocycles. The second kappa shape index (κ2) is 8.54. The van der Waals surface area contributed by atoms with Crippen molar-refractivity contribution in [3.63, 3.8) is 0 Å². The zero-order valence-corrected chi connectivity index (χ0v) is 15.4. The molecule has 2 N–H and O–H groups in total. The van der Waals surface area contributed by atoms with Crippen LogP contribution in [0.15, 0.2) is 35.0 Å². The smallest absolute Gasteiger partial charge is 0.153 e. The Balaban J connectivity index is 1.36. The van der Waals surface area contributed by atoms with Crippen molar-refractivity contribution in [1.82, 2.24) is 19.9 Å². The Bertz CT molecular complexity index is 644. The van der Waals surface area contributed by atoms with Crippen molar-refractivity contribution in [2.75, 3.05) is 7.05 Å². The average Bonchev–Trinajstić information content (AvgIpc) is 3.17. The highest BCUT2D eigenvalue weighted by Crippen LogP contribution is 2.19. The number of aromatic nitrogens is 3. The molecule has 0 fully saturated rings. The summed E-state index contributed by atoms with van der Waals surface area (Å²) in [7, 11) is 2.02. The van der Waals surface area contributed by atoms with E-state index in [0.717, 1.165) is 44.3 Å². The van der Waals surface area contributed by atoms with Crippen molar-refractivity contribution in [3.8, 4) is 0 Å². The van der Waals surface area contributed by atoms with E-state index in [1.54, 1.807) is 0 Å². The second-order valence-electron chi connectivity index (χ2n) is 7.27. The van der Waals surface area contributed by atoms with E-state index in [4.69, 9.17) is 5.73 Å². The molecule has 1 aliphatic heterocycles. The molecule has 3 unspecified atom stereocenters. The first-order valence-electron chi connectivity index (χ1n) is 9.39.